The number of fused-ring (bicyclic) bond motifs is 1. The Morgan fingerprint density at radius 3 is 2.33 bits per heavy atom. The summed E-state index contributed by atoms with van der Waals surface area (Å²) in [6.45, 7) is 0.513. The Balaban J connectivity index is 1.37. The third kappa shape index (κ3) is 6.95. The van der Waals surface area contributed by atoms with Gasteiger partial charge in [0.05, 0.1) is 35.3 Å². The summed E-state index contributed by atoms with van der Waals surface area (Å²) in [5.74, 6) is -2.63. The predicted molar refractivity (Wildman–Crippen MR) is 151 cm³/mol. The van der Waals surface area contributed by atoms with Gasteiger partial charge in [-0.05, 0) is 65.6 Å². The van der Waals surface area contributed by atoms with Gasteiger partial charge in [0.25, 0.3) is 0 Å². The molecule has 1 aliphatic rings. The minimum Gasteiger partial charge on any atom is -0.352 e. The number of halogens is 7. The second-order valence-electron chi connectivity index (χ2n) is 10.9. The SMILES string of the molecule is CC1=C(C(=O)Cc2ccc3[nH]ncc3c2)C(c2ccc(F)c(CC(=O)NCc3c(C(F)(F)F)cccc3C(F)(F)F)c2)NC(=O)C1. The standard InChI is InChI=1S/C32H25F7N4O3/c1-16-9-28(46)42-30(29(16)26(44)11-17-5-8-25-20(10-17)14-41-43-25)18-6-7-24(33)19(12-18)13-27(45)40-15-21-22(31(34,35)36)3-2-4-23(21)32(37,38)39/h2-8,10,12,14,30H,9,11,13,15H2,1H3,(H,40,45)(H,41,43)(H,42,46). The van der Waals surface area contributed by atoms with Crippen molar-refractivity contribution < 1.29 is 45.1 Å². The number of H-pyrrole nitrogens is 1. The molecule has 0 saturated carbocycles. The quantitative estimate of drug-likeness (QED) is 0.196. The molecule has 5 rings (SSSR count). The van der Waals surface area contributed by atoms with Crippen LogP contribution >= 0.6 is 0 Å². The van der Waals surface area contributed by atoms with Crippen molar-refractivity contribution in [1.29, 1.82) is 0 Å². The highest BCUT2D eigenvalue weighted by atomic mass is 19.4. The van der Waals surface area contributed by atoms with E-state index >= 15 is 0 Å². The highest BCUT2D eigenvalue weighted by Gasteiger charge is 2.40. The molecule has 0 saturated heterocycles. The first-order valence-corrected chi connectivity index (χ1v) is 13.9. The first kappa shape index (κ1) is 32.4. The maximum Gasteiger partial charge on any atom is 0.416 e. The number of Topliss-reactive ketones (excluding diaryl/α,β-unsaturated/α-hetero) is 1. The lowest BCUT2D eigenvalue weighted by atomic mass is 9.85. The molecular formula is C32H25F7N4O3. The summed E-state index contributed by atoms with van der Waals surface area (Å²) >= 11 is 0. The van der Waals surface area contributed by atoms with Crippen LogP contribution < -0.4 is 10.6 Å². The summed E-state index contributed by atoms with van der Waals surface area (Å²) in [4.78, 5) is 38.8. The molecule has 1 unspecified atom stereocenters. The fraction of sp³-hybridized carbons (Fsp3) is 0.250. The van der Waals surface area contributed by atoms with Crippen molar-refractivity contribution in [2.24, 2.45) is 0 Å². The van der Waals surface area contributed by atoms with Crippen molar-refractivity contribution in [3.8, 4) is 0 Å². The predicted octanol–water partition coefficient (Wildman–Crippen LogP) is 6.29. The summed E-state index contributed by atoms with van der Waals surface area (Å²) in [6.07, 6.45) is -9.45. The number of aromatic nitrogens is 2. The Kier molecular flexibility index (Phi) is 8.74. The van der Waals surface area contributed by atoms with E-state index < -0.39 is 65.7 Å². The number of hydrogen-bond acceptors (Lipinski definition) is 4. The van der Waals surface area contributed by atoms with Crippen LogP contribution in [-0.2, 0) is 46.1 Å². The maximum atomic E-state index is 14.8. The van der Waals surface area contributed by atoms with Gasteiger partial charge in [-0.1, -0.05) is 23.8 Å². The lowest BCUT2D eigenvalue weighted by molar-refractivity contribution is -0.144. The number of hydrogen-bond donors (Lipinski definition) is 3. The van der Waals surface area contributed by atoms with Gasteiger partial charge >= 0.3 is 12.4 Å². The molecule has 3 N–H and O–H groups in total. The zero-order chi connectivity index (χ0) is 33.4. The summed E-state index contributed by atoms with van der Waals surface area (Å²) < 4.78 is 95.8. The molecule has 14 heteroatoms. The molecule has 0 radical (unpaired) electrons. The molecule has 0 fully saturated rings. The molecule has 0 aliphatic carbocycles. The Morgan fingerprint density at radius 2 is 1.65 bits per heavy atom. The molecule has 2 amide bonds. The van der Waals surface area contributed by atoms with Crippen LogP contribution in [0.25, 0.3) is 10.9 Å². The second kappa shape index (κ2) is 12.4. The molecular weight excluding hydrogens is 621 g/mol. The number of benzene rings is 3. The number of rotatable bonds is 8. The topological polar surface area (TPSA) is 104 Å². The molecule has 2 heterocycles. The average Bonchev–Trinajstić information content (AvgIpc) is 3.43. The molecule has 0 bridgehead atoms. The van der Waals surface area contributed by atoms with Gasteiger partial charge in [0, 0.05) is 30.3 Å². The Bertz CT molecular complexity index is 1840. The summed E-state index contributed by atoms with van der Waals surface area (Å²) in [7, 11) is 0. The second-order valence-corrected chi connectivity index (χ2v) is 10.9. The van der Waals surface area contributed by atoms with Gasteiger partial charge in [0.2, 0.25) is 11.8 Å². The number of nitrogens with one attached hydrogen (secondary N) is 3. The highest BCUT2D eigenvalue weighted by Crippen LogP contribution is 2.39. The summed E-state index contributed by atoms with van der Waals surface area (Å²) in [5, 5.41) is 12.3. The van der Waals surface area contributed by atoms with E-state index in [2.05, 4.69) is 15.5 Å². The van der Waals surface area contributed by atoms with Crippen molar-refractivity contribution in [3.63, 3.8) is 0 Å². The zero-order valence-corrected chi connectivity index (χ0v) is 24.0. The third-order valence-corrected chi connectivity index (χ3v) is 7.65. The Morgan fingerprint density at radius 1 is 0.957 bits per heavy atom. The van der Waals surface area contributed by atoms with Crippen molar-refractivity contribution in [1.82, 2.24) is 20.8 Å². The molecule has 3 aromatic carbocycles. The van der Waals surface area contributed by atoms with Gasteiger partial charge in [-0.2, -0.15) is 31.4 Å². The minimum atomic E-state index is -5.13. The van der Waals surface area contributed by atoms with Crippen LogP contribution in [0, 0.1) is 5.82 Å². The van der Waals surface area contributed by atoms with Crippen LogP contribution in [0.3, 0.4) is 0 Å². The van der Waals surface area contributed by atoms with Gasteiger partial charge in [-0.25, -0.2) is 4.39 Å². The average molecular weight is 647 g/mol. The largest absolute Gasteiger partial charge is 0.416 e. The lowest BCUT2D eigenvalue weighted by Gasteiger charge is -2.28. The van der Waals surface area contributed by atoms with Gasteiger partial charge in [-0.3, -0.25) is 19.5 Å². The first-order chi connectivity index (χ1) is 21.6. The van der Waals surface area contributed by atoms with Crippen molar-refractivity contribution in [3.05, 3.63) is 111 Å². The molecule has 7 nitrogen and oxygen atoms in total. The van der Waals surface area contributed by atoms with E-state index in [0.29, 0.717) is 29.3 Å². The minimum absolute atomic E-state index is 0.0179. The van der Waals surface area contributed by atoms with Crippen LogP contribution in [0.5, 0.6) is 0 Å². The molecule has 46 heavy (non-hydrogen) atoms. The van der Waals surface area contributed by atoms with E-state index in [1.807, 2.05) is 5.32 Å². The van der Waals surface area contributed by atoms with Gasteiger partial charge in [0.1, 0.15) is 5.82 Å². The van der Waals surface area contributed by atoms with Crippen LogP contribution in [0.1, 0.15) is 52.8 Å². The van der Waals surface area contributed by atoms with Gasteiger partial charge in [-0.15, -0.1) is 0 Å². The van der Waals surface area contributed by atoms with E-state index in [-0.39, 0.29) is 35.3 Å². The van der Waals surface area contributed by atoms with Crippen molar-refractivity contribution in [2.45, 2.75) is 51.1 Å². The van der Waals surface area contributed by atoms with E-state index in [9.17, 15) is 45.1 Å². The van der Waals surface area contributed by atoms with E-state index in [1.54, 1.807) is 31.3 Å². The van der Waals surface area contributed by atoms with Crippen LogP contribution in [0.2, 0.25) is 0 Å². The number of aromatic amines is 1. The normalized spacial score (nSPS) is 15.7. The first-order valence-electron chi connectivity index (χ1n) is 13.9. The summed E-state index contributed by atoms with van der Waals surface area (Å²) in [6, 6.07) is 9.45. The lowest BCUT2D eigenvalue weighted by Crippen LogP contribution is -2.37. The number of ketones is 1. The Hall–Kier alpha value is -5.01. The Labute approximate surface area is 256 Å². The number of carbonyl (C=O) groups is 3. The number of carbonyl (C=O) groups excluding carboxylic acids is 3. The molecule has 240 valence electrons. The number of nitrogens with zero attached hydrogens (tertiary/aromatic N) is 1. The van der Waals surface area contributed by atoms with Crippen molar-refractivity contribution in [2.75, 3.05) is 0 Å². The van der Waals surface area contributed by atoms with Gasteiger partial charge in [0.15, 0.2) is 5.78 Å². The monoisotopic (exact) mass is 646 g/mol. The molecule has 1 atom stereocenters. The van der Waals surface area contributed by atoms with Crippen LogP contribution in [0.4, 0.5) is 30.7 Å². The summed E-state index contributed by atoms with van der Waals surface area (Å²) in [5.41, 5.74) is -2.05. The molecule has 0 spiro atoms. The fourth-order valence-corrected chi connectivity index (χ4v) is 5.54. The third-order valence-electron chi connectivity index (χ3n) is 7.65. The van der Waals surface area contributed by atoms with E-state index in [1.165, 1.54) is 12.1 Å². The van der Waals surface area contributed by atoms with Crippen molar-refractivity contribution >= 4 is 28.5 Å². The smallest absolute Gasteiger partial charge is 0.352 e. The number of alkyl halides is 6. The van der Waals surface area contributed by atoms with Crippen LogP contribution in [-0.4, -0.2) is 27.8 Å². The van der Waals surface area contributed by atoms with E-state index in [4.69, 9.17) is 0 Å². The van der Waals surface area contributed by atoms with E-state index in [0.717, 1.165) is 17.0 Å². The maximum absolute atomic E-state index is 14.8. The fourth-order valence-electron chi connectivity index (χ4n) is 5.54. The highest BCUT2D eigenvalue weighted by molar-refractivity contribution is 6.02. The molecule has 1 aromatic heterocycles. The number of amides is 2. The van der Waals surface area contributed by atoms with Gasteiger partial charge < -0.3 is 10.6 Å². The molecule has 1 aliphatic heterocycles. The zero-order valence-electron chi connectivity index (χ0n) is 24.0. The molecule has 4 aromatic rings. The van der Waals surface area contributed by atoms with Crippen LogP contribution in [0.15, 0.2) is 71.9 Å².